The molecule has 0 fully saturated rings. The Balaban J connectivity index is 2.05. The van der Waals surface area contributed by atoms with Crippen molar-refractivity contribution in [1.82, 2.24) is 9.55 Å². The van der Waals surface area contributed by atoms with E-state index >= 15 is 0 Å². The molecule has 0 radical (unpaired) electrons. The van der Waals surface area contributed by atoms with Gasteiger partial charge in [-0.25, -0.2) is 13.4 Å². The molecule has 0 aliphatic carbocycles. The predicted molar refractivity (Wildman–Crippen MR) is 94.0 cm³/mol. The molecule has 0 unspecified atom stereocenters. The van der Waals surface area contributed by atoms with Crippen molar-refractivity contribution in [2.24, 2.45) is 0 Å². The number of imidazole rings is 1. The van der Waals surface area contributed by atoms with Crippen LogP contribution in [0.1, 0.15) is 5.56 Å². The highest BCUT2D eigenvalue weighted by atomic mass is 79.9. The van der Waals surface area contributed by atoms with Crippen molar-refractivity contribution < 1.29 is 8.42 Å². The quantitative estimate of drug-likeness (QED) is 0.681. The van der Waals surface area contributed by atoms with Gasteiger partial charge in [-0.15, -0.1) is 0 Å². The Hall–Kier alpha value is -1.92. The molecule has 0 spiro atoms. The van der Waals surface area contributed by atoms with Crippen molar-refractivity contribution in [3.63, 3.8) is 0 Å². The van der Waals surface area contributed by atoms with Gasteiger partial charge in [-0.1, -0.05) is 52.3 Å². The maximum Gasteiger partial charge on any atom is 0.175 e. The second-order valence-corrected chi connectivity index (χ2v) is 8.08. The van der Waals surface area contributed by atoms with Gasteiger partial charge in [0, 0.05) is 28.7 Å². The minimum atomic E-state index is -3.27. The fraction of sp³-hybridized carbons (Fsp3) is 0.118. The molecule has 0 aliphatic rings. The summed E-state index contributed by atoms with van der Waals surface area (Å²) in [5.74, 6) is 0.792. The summed E-state index contributed by atoms with van der Waals surface area (Å²) in [5.41, 5.74) is 1.72. The minimum absolute atomic E-state index is 0.353. The van der Waals surface area contributed by atoms with Gasteiger partial charge in [0.25, 0.3) is 0 Å². The Morgan fingerprint density at radius 2 is 1.78 bits per heavy atom. The zero-order valence-corrected chi connectivity index (χ0v) is 14.9. The summed E-state index contributed by atoms with van der Waals surface area (Å²) in [6, 6.07) is 14.9. The van der Waals surface area contributed by atoms with Crippen LogP contribution in [0.15, 0.2) is 70.3 Å². The van der Waals surface area contributed by atoms with Crippen LogP contribution >= 0.6 is 15.9 Å². The summed E-state index contributed by atoms with van der Waals surface area (Å²) in [5, 5.41) is 0. The van der Waals surface area contributed by atoms with E-state index in [4.69, 9.17) is 0 Å². The van der Waals surface area contributed by atoms with E-state index in [2.05, 4.69) is 20.9 Å². The molecular weight excluding hydrogens is 376 g/mol. The summed E-state index contributed by atoms with van der Waals surface area (Å²) >= 11 is 3.53. The first-order chi connectivity index (χ1) is 11.0. The lowest BCUT2D eigenvalue weighted by Gasteiger charge is -2.12. The zero-order valence-electron chi connectivity index (χ0n) is 12.5. The number of benzene rings is 2. The van der Waals surface area contributed by atoms with Crippen LogP contribution in [0, 0.1) is 0 Å². The molecule has 2 aromatic carbocycles. The molecule has 3 rings (SSSR count). The summed E-state index contributed by atoms with van der Waals surface area (Å²) < 4.78 is 26.8. The summed E-state index contributed by atoms with van der Waals surface area (Å²) in [6.45, 7) is 0.444. The Morgan fingerprint density at radius 1 is 1.09 bits per heavy atom. The molecule has 118 valence electrons. The number of aromatic nitrogens is 2. The van der Waals surface area contributed by atoms with Crippen LogP contribution < -0.4 is 0 Å². The zero-order chi connectivity index (χ0) is 16.4. The molecule has 4 nitrogen and oxygen atoms in total. The lowest BCUT2D eigenvalue weighted by molar-refractivity contribution is 0.600. The van der Waals surface area contributed by atoms with Gasteiger partial charge in [0.05, 0.1) is 11.4 Å². The van der Waals surface area contributed by atoms with Gasteiger partial charge in [-0.05, 0) is 17.7 Å². The largest absolute Gasteiger partial charge is 0.326 e. The molecule has 1 aromatic heterocycles. The van der Waals surface area contributed by atoms with Crippen molar-refractivity contribution in [3.05, 3.63) is 71.0 Å². The number of rotatable bonds is 4. The van der Waals surface area contributed by atoms with Crippen molar-refractivity contribution >= 4 is 25.8 Å². The third-order valence-corrected chi connectivity index (χ3v) is 5.43. The molecule has 0 atom stereocenters. The molecule has 6 heteroatoms. The first-order valence-corrected chi connectivity index (χ1v) is 9.69. The van der Waals surface area contributed by atoms with Crippen LogP contribution in [-0.2, 0) is 16.4 Å². The molecule has 0 saturated heterocycles. The number of hydrogen-bond acceptors (Lipinski definition) is 3. The van der Waals surface area contributed by atoms with Crippen LogP contribution in [0.25, 0.3) is 11.4 Å². The van der Waals surface area contributed by atoms with Crippen LogP contribution in [0.4, 0.5) is 0 Å². The second kappa shape index (κ2) is 6.29. The van der Waals surface area contributed by atoms with Gasteiger partial charge in [0.15, 0.2) is 9.84 Å². The number of nitrogens with zero attached hydrogens (tertiary/aromatic N) is 2. The molecule has 0 N–H and O–H groups in total. The summed E-state index contributed by atoms with van der Waals surface area (Å²) in [4.78, 5) is 4.77. The van der Waals surface area contributed by atoms with E-state index in [1.807, 2.05) is 47.2 Å². The van der Waals surface area contributed by atoms with Crippen molar-refractivity contribution in [2.45, 2.75) is 11.4 Å². The Kier molecular flexibility index (Phi) is 4.37. The number of hydrogen-bond donors (Lipinski definition) is 0. The maximum absolute atomic E-state index is 12.0. The maximum atomic E-state index is 12.0. The fourth-order valence-corrected chi connectivity index (χ4v) is 3.90. The van der Waals surface area contributed by atoms with Gasteiger partial charge in [-0.2, -0.15) is 0 Å². The molecule has 0 amide bonds. The van der Waals surface area contributed by atoms with Gasteiger partial charge < -0.3 is 4.57 Å². The third-order valence-electron chi connectivity index (χ3n) is 3.54. The normalized spacial score (nSPS) is 11.6. The summed E-state index contributed by atoms with van der Waals surface area (Å²) in [7, 11) is -3.27. The van der Waals surface area contributed by atoms with Gasteiger partial charge >= 0.3 is 0 Å². The van der Waals surface area contributed by atoms with E-state index in [9.17, 15) is 8.42 Å². The molecule has 0 aliphatic heterocycles. The molecule has 1 heterocycles. The van der Waals surface area contributed by atoms with E-state index in [1.165, 1.54) is 6.26 Å². The lowest BCUT2D eigenvalue weighted by Crippen LogP contribution is -2.07. The van der Waals surface area contributed by atoms with Gasteiger partial charge in [0.2, 0.25) is 0 Å². The molecule has 23 heavy (non-hydrogen) atoms. The standard InChI is InChI=1S/C17H15BrN2O2S/c1-23(21,22)16-9-5-2-6-13(16)12-20-11-10-19-17(20)14-7-3-4-8-15(14)18/h2-11H,12H2,1H3. The Bertz CT molecular complexity index is 948. The third kappa shape index (κ3) is 3.38. The van der Waals surface area contributed by atoms with Crippen molar-refractivity contribution in [3.8, 4) is 11.4 Å². The number of sulfone groups is 1. The van der Waals surface area contributed by atoms with Crippen molar-refractivity contribution in [1.29, 1.82) is 0 Å². The van der Waals surface area contributed by atoms with Gasteiger partial charge in [0.1, 0.15) is 5.82 Å². The van der Waals surface area contributed by atoms with E-state index in [0.717, 1.165) is 21.4 Å². The molecule has 0 bridgehead atoms. The second-order valence-electron chi connectivity index (χ2n) is 5.24. The van der Waals surface area contributed by atoms with E-state index < -0.39 is 9.84 Å². The van der Waals surface area contributed by atoms with Crippen LogP contribution in [0.3, 0.4) is 0 Å². The molecular formula is C17H15BrN2O2S. The van der Waals surface area contributed by atoms with E-state index in [0.29, 0.717) is 11.4 Å². The highest BCUT2D eigenvalue weighted by Crippen LogP contribution is 2.27. The van der Waals surface area contributed by atoms with E-state index in [-0.39, 0.29) is 0 Å². The average molecular weight is 391 g/mol. The average Bonchev–Trinajstić information content (AvgIpc) is 2.95. The summed E-state index contributed by atoms with van der Waals surface area (Å²) in [6.07, 6.45) is 4.81. The SMILES string of the molecule is CS(=O)(=O)c1ccccc1Cn1ccnc1-c1ccccc1Br. The van der Waals surface area contributed by atoms with Gasteiger partial charge in [-0.3, -0.25) is 0 Å². The van der Waals surface area contributed by atoms with Crippen LogP contribution in [-0.4, -0.2) is 24.2 Å². The first kappa shape index (κ1) is 16.0. The van der Waals surface area contributed by atoms with Crippen molar-refractivity contribution in [2.75, 3.05) is 6.26 Å². The smallest absolute Gasteiger partial charge is 0.175 e. The van der Waals surface area contributed by atoms with Crippen LogP contribution in [0.2, 0.25) is 0 Å². The monoisotopic (exact) mass is 390 g/mol. The molecule has 3 aromatic rings. The highest BCUT2D eigenvalue weighted by molar-refractivity contribution is 9.10. The van der Waals surface area contributed by atoms with Crippen LogP contribution in [0.5, 0.6) is 0 Å². The van der Waals surface area contributed by atoms with E-state index in [1.54, 1.807) is 18.3 Å². The Labute approximate surface area is 143 Å². The first-order valence-electron chi connectivity index (χ1n) is 7.01. The Morgan fingerprint density at radius 3 is 2.52 bits per heavy atom. The predicted octanol–water partition coefficient (Wildman–Crippen LogP) is 3.76. The topological polar surface area (TPSA) is 52.0 Å². The minimum Gasteiger partial charge on any atom is -0.326 e. The molecule has 0 saturated carbocycles. The lowest BCUT2D eigenvalue weighted by atomic mass is 10.2. The fourth-order valence-electron chi connectivity index (χ4n) is 2.50. The highest BCUT2D eigenvalue weighted by Gasteiger charge is 2.15. The number of halogens is 1.